The maximum absolute atomic E-state index is 14.1. The molecule has 340 valence electrons. The molecule has 0 radical (unpaired) electrons. The van der Waals surface area contributed by atoms with Crippen molar-refractivity contribution >= 4 is 72.1 Å². The van der Waals surface area contributed by atoms with Gasteiger partial charge in [-0.15, -0.1) is 0 Å². The lowest BCUT2D eigenvalue weighted by Crippen LogP contribution is -2.49. The standard InChI is InChI=1S/C32H49N9O16P2S2/c1-31(2,3)56-30(45)39(7)16(13-60-61-32(4,5)6)28(43)55-24-19(54-27(23(24)42)41-15-37-22-25(34)35-14-36-26(22)41)12-52-59(49,50)57-17-10-21(40-9-8-20(33)38-29(40)44)53-18(17)11-51-58(46,47)48/h8-9,14-19,21,23-24,27,42H,10-13H2,1-7H3,(H,49,50)(H2,33,38,44)(H2,34,35,36)(H2,46,47,48)/t16-,17-,18+,19+,21+,23+,24+,27+/m0/s1. The lowest BCUT2D eigenvalue weighted by atomic mass is 10.1. The number of carbonyl (C=O) groups is 2. The van der Waals surface area contributed by atoms with Crippen molar-refractivity contribution in [3.8, 4) is 0 Å². The maximum Gasteiger partial charge on any atom is 0.472 e. The minimum atomic E-state index is -5.22. The zero-order valence-corrected chi connectivity index (χ0v) is 37.4. The summed E-state index contributed by atoms with van der Waals surface area (Å²) < 4.78 is 65.6. The van der Waals surface area contributed by atoms with Crippen LogP contribution in [0.25, 0.3) is 11.2 Å². The molecule has 3 aromatic heterocycles. The molecular weight excluding hydrogens is 892 g/mol. The molecule has 25 nitrogen and oxygen atoms in total. The number of phosphoric acid groups is 2. The van der Waals surface area contributed by atoms with E-state index in [0.717, 1.165) is 15.8 Å². The summed E-state index contributed by atoms with van der Waals surface area (Å²) in [6.07, 6.45) is -8.00. The van der Waals surface area contributed by atoms with Crippen LogP contribution in [0, 0.1) is 0 Å². The van der Waals surface area contributed by atoms with E-state index >= 15 is 0 Å². The third kappa shape index (κ3) is 13.1. The van der Waals surface area contributed by atoms with E-state index in [-0.39, 0.29) is 39.7 Å². The zero-order chi connectivity index (χ0) is 45.2. The summed E-state index contributed by atoms with van der Waals surface area (Å²) in [5.74, 6) is -1.07. The molecule has 2 aliphatic heterocycles. The summed E-state index contributed by atoms with van der Waals surface area (Å²) in [5.41, 5.74) is 10.0. The van der Waals surface area contributed by atoms with Crippen molar-refractivity contribution in [2.45, 2.75) is 107 Å². The number of aliphatic hydroxyl groups excluding tert-OH is 1. The number of imidazole rings is 1. The number of fused-ring (bicyclic) bond motifs is 1. The zero-order valence-electron chi connectivity index (χ0n) is 33.9. The number of esters is 1. The second-order valence-electron chi connectivity index (χ2n) is 15.7. The second kappa shape index (κ2) is 19.1. The molecule has 0 spiro atoms. The summed E-state index contributed by atoms with van der Waals surface area (Å²) in [7, 11) is -6.21. The molecule has 2 fully saturated rings. The average Bonchev–Trinajstić information content (AvgIpc) is 3.82. The highest BCUT2D eigenvalue weighted by molar-refractivity contribution is 8.77. The molecular formula is C32H49N9O16P2S2. The summed E-state index contributed by atoms with van der Waals surface area (Å²) in [6, 6.07) is 0.00519. The highest BCUT2D eigenvalue weighted by atomic mass is 33.1. The molecule has 2 aliphatic rings. The number of phosphoric ester groups is 2. The van der Waals surface area contributed by atoms with Gasteiger partial charge in [0.2, 0.25) is 0 Å². The SMILES string of the molecule is CN(C(=O)OC(C)(C)C)[C@@H](CSSC(C)(C)C)C(=O)O[C@H]1[C@@H](O)[C@H](n2cnc3c(N)ncnc32)O[C@@H]1COP(=O)(O)O[C@H]1C[C@H](n2ccc(N)nc2=O)O[C@@H]1COP(=O)(O)O. The van der Waals surface area contributed by atoms with E-state index in [2.05, 4.69) is 24.5 Å². The van der Waals surface area contributed by atoms with Crippen LogP contribution in [0.4, 0.5) is 16.4 Å². The smallest absolute Gasteiger partial charge is 0.455 e. The van der Waals surface area contributed by atoms with Crippen molar-refractivity contribution in [3.05, 3.63) is 35.4 Å². The summed E-state index contributed by atoms with van der Waals surface area (Å²) in [6.45, 7) is 9.11. The van der Waals surface area contributed by atoms with Gasteiger partial charge in [0.05, 0.1) is 19.5 Å². The Morgan fingerprint density at radius 1 is 1.03 bits per heavy atom. The molecule has 5 rings (SSSR count). The van der Waals surface area contributed by atoms with Gasteiger partial charge in [-0.1, -0.05) is 42.4 Å². The summed E-state index contributed by atoms with van der Waals surface area (Å²) in [4.78, 5) is 86.4. The molecule has 5 heterocycles. The minimum Gasteiger partial charge on any atom is -0.455 e. The summed E-state index contributed by atoms with van der Waals surface area (Å²) in [5, 5.41) is 11.7. The van der Waals surface area contributed by atoms with Gasteiger partial charge in [-0.2, -0.15) is 4.98 Å². The van der Waals surface area contributed by atoms with Crippen LogP contribution < -0.4 is 17.2 Å². The molecule has 8 N–H and O–H groups in total. The minimum absolute atomic E-state index is 0.0104. The normalized spacial score (nSPS) is 25.0. The number of ether oxygens (including phenoxy) is 4. The lowest BCUT2D eigenvalue weighted by molar-refractivity contribution is -0.161. The predicted octanol–water partition coefficient (Wildman–Crippen LogP) is 1.73. The first-order chi connectivity index (χ1) is 28.2. The van der Waals surface area contributed by atoms with Gasteiger partial charge < -0.3 is 50.2 Å². The van der Waals surface area contributed by atoms with E-state index in [1.165, 1.54) is 51.8 Å². The van der Waals surface area contributed by atoms with Crippen LogP contribution in [0.1, 0.15) is 60.4 Å². The van der Waals surface area contributed by atoms with E-state index < -0.39 is 101 Å². The number of amides is 1. The first kappa shape index (κ1) is 48.6. The molecule has 29 heteroatoms. The van der Waals surface area contributed by atoms with E-state index in [1.807, 2.05) is 20.8 Å². The number of anilines is 2. The number of nitrogen functional groups attached to an aromatic ring is 2. The fraction of sp³-hybridized carbons (Fsp3) is 0.656. The van der Waals surface area contributed by atoms with Crippen molar-refractivity contribution in [3.63, 3.8) is 0 Å². The van der Waals surface area contributed by atoms with Gasteiger partial charge in [-0.3, -0.25) is 27.6 Å². The number of rotatable bonds is 16. The topological polar surface area (TPSA) is 348 Å². The van der Waals surface area contributed by atoms with Crippen LogP contribution in [0.2, 0.25) is 0 Å². The number of aliphatic hydroxyl groups is 1. The number of likely N-dealkylation sites (N-methyl/N-ethyl adjacent to an activating group) is 1. The molecule has 1 unspecified atom stereocenters. The maximum atomic E-state index is 14.1. The van der Waals surface area contributed by atoms with Crippen molar-refractivity contribution < 1.29 is 71.0 Å². The number of carbonyl (C=O) groups excluding carboxylic acids is 2. The highest BCUT2D eigenvalue weighted by Crippen LogP contribution is 2.50. The Balaban J connectivity index is 1.40. The number of hydrogen-bond acceptors (Lipinski definition) is 21. The Morgan fingerprint density at radius 3 is 2.36 bits per heavy atom. The molecule has 0 aliphatic carbocycles. The van der Waals surface area contributed by atoms with Crippen molar-refractivity contribution in [1.82, 2.24) is 34.0 Å². The van der Waals surface area contributed by atoms with E-state index in [9.17, 15) is 43.3 Å². The van der Waals surface area contributed by atoms with E-state index in [4.69, 9.17) is 39.5 Å². The third-order valence-corrected chi connectivity index (χ3v) is 13.4. The third-order valence-electron chi connectivity index (χ3n) is 8.60. The van der Waals surface area contributed by atoms with Crippen molar-refractivity contribution in [2.75, 3.05) is 37.5 Å². The monoisotopic (exact) mass is 941 g/mol. The first-order valence-corrected chi connectivity index (χ1v) is 23.7. The predicted molar refractivity (Wildman–Crippen MR) is 217 cm³/mol. The molecule has 1 amide bonds. The average molecular weight is 942 g/mol. The fourth-order valence-corrected chi connectivity index (χ4v) is 9.75. The first-order valence-electron chi connectivity index (χ1n) is 18.3. The summed E-state index contributed by atoms with van der Waals surface area (Å²) >= 11 is 0. The quantitative estimate of drug-likeness (QED) is 0.0676. The Hall–Kier alpha value is -3.43. The highest BCUT2D eigenvalue weighted by Gasteiger charge is 2.51. The number of nitrogens with two attached hydrogens (primary N) is 2. The number of nitrogens with zero attached hydrogens (tertiary/aromatic N) is 7. The van der Waals surface area contributed by atoms with Crippen LogP contribution in [0.15, 0.2) is 29.7 Å². The van der Waals surface area contributed by atoms with Gasteiger partial charge in [0.15, 0.2) is 23.8 Å². The Morgan fingerprint density at radius 2 is 1.72 bits per heavy atom. The Bertz CT molecular complexity index is 2200. The van der Waals surface area contributed by atoms with Crippen LogP contribution in [0.3, 0.4) is 0 Å². The van der Waals surface area contributed by atoms with Gasteiger partial charge in [0, 0.05) is 30.2 Å². The molecule has 2 saturated heterocycles. The van der Waals surface area contributed by atoms with Gasteiger partial charge in [0.25, 0.3) is 0 Å². The van der Waals surface area contributed by atoms with Crippen LogP contribution in [0.5, 0.6) is 0 Å². The van der Waals surface area contributed by atoms with Crippen LogP contribution in [-0.2, 0) is 46.4 Å². The number of aromatic nitrogens is 6. The molecule has 0 aromatic carbocycles. The Kier molecular flexibility index (Phi) is 15.2. The number of hydrogen-bond donors (Lipinski definition) is 6. The fourth-order valence-electron chi connectivity index (χ4n) is 5.89. The molecule has 9 atom stereocenters. The van der Waals surface area contributed by atoms with Gasteiger partial charge in [-0.05, 0) is 26.8 Å². The van der Waals surface area contributed by atoms with Gasteiger partial charge >= 0.3 is 33.4 Å². The largest absolute Gasteiger partial charge is 0.472 e. The van der Waals surface area contributed by atoms with Crippen LogP contribution in [-0.4, -0.2) is 139 Å². The molecule has 0 bridgehead atoms. The van der Waals surface area contributed by atoms with E-state index in [1.54, 1.807) is 20.8 Å². The van der Waals surface area contributed by atoms with Crippen molar-refractivity contribution in [1.29, 1.82) is 0 Å². The molecule has 61 heavy (non-hydrogen) atoms. The van der Waals surface area contributed by atoms with Crippen LogP contribution >= 0.6 is 37.2 Å². The lowest BCUT2D eigenvalue weighted by Gasteiger charge is -2.31. The molecule has 3 aromatic rings. The Labute approximate surface area is 356 Å². The van der Waals surface area contributed by atoms with Gasteiger partial charge in [-0.25, -0.2) is 38.5 Å². The molecule has 0 saturated carbocycles. The van der Waals surface area contributed by atoms with Crippen molar-refractivity contribution in [2.24, 2.45) is 0 Å². The van der Waals surface area contributed by atoms with E-state index in [0.29, 0.717) is 0 Å². The van der Waals surface area contributed by atoms with Gasteiger partial charge in [0.1, 0.15) is 59.9 Å². The second-order valence-corrected chi connectivity index (χ2v) is 21.5.